The van der Waals surface area contributed by atoms with E-state index in [9.17, 15) is 14.4 Å². The lowest BCUT2D eigenvalue weighted by Gasteiger charge is -2.30. The number of nitrogens with zero attached hydrogens (tertiary/aromatic N) is 1. The molecule has 5 nitrogen and oxygen atoms in total. The standard InChI is InChI=1S/C19H23NO4/c1-13(21)14-6-7-16(24-2)15(10-14)12-20-17(22)11-19(18(20)23)8-4-3-5-9-19/h6-7,10H,3-5,8-9,11-12H2,1-2H3. The van der Waals surface area contributed by atoms with Gasteiger partial charge in [0.1, 0.15) is 5.75 Å². The average molecular weight is 329 g/mol. The summed E-state index contributed by atoms with van der Waals surface area (Å²) in [5.41, 5.74) is 0.762. The van der Waals surface area contributed by atoms with Gasteiger partial charge >= 0.3 is 0 Å². The summed E-state index contributed by atoms with van der Waals surface area (Å²) in [6.45, 7) is 1.67. The van der Waals surface area contributed by atoms with Crippen LogP contribution in [0.3, 0.4) is 0 Å². The Balaban J connectivity index is 1.88. The molecule has 0 N–H and O–H groups in total. The summed E-state index contributed by atoms with van der Waals surface area (Å²) < 4.78 is 5.34. The van der Waals surface area contributed by atoms with E-state index >= 15 is 0 Å². The maximum absolute atomic E-state index is 12.9. The van der Waals surface area contributed by atoms with E-state index in [2.05, 4.69) is 0 Å². The summed E-state index contributed by atoms with van der Waals surface area (Å²) in [7, 11) is 1.54. The summed E-state index contributed by atoms with van der Waals surface area (Å²) in [6.07, 6.45) is 5.08. The Bertz CT molecular complexity index is 689. The zero-order chi connectivity index (χ0) is 17.3. The van der Waals surface area contributed by atoms with Crippen LogP contribution < -0.4 is 4.74 Å². The highest BCUT2D eigenvalue weighted by molar-refractivity contribution is 6.06. The Morgan fingerprint density at radius 3 is 2.54 bits per heavy atom. The number of ketones is 1. The zero-order valence-electron chi connectivity index (χ0n) is 14.3. The lowest BCUT2D eigenvalue weighted by atomic mass is 9.73. The third-order valence-electron chi connectivity index (χ3n) is 5.32. The maximum atomic E-state index is 12.9. The predicted molar refractivity (Wildman–Crippen MR) is 88.7 cm³/mol. The summed E-state index contributed by atoms with van der Waals surface area (Å²) in [5, 5.41) is 0. The molecule has 1 heterocycles. The van der Waals surface area contributed by atoms with E-state index < -0.39 is 5.41 Å². The third kappa shape index (κ3) is 2.83. The largest absolute Gasteiger partial charge is 0.496 e. The highest BCUT2D eigenvalue weighted by Crippen LogP contribution is 2.45. The first-order chi connectivity index (χ1) is 11.5. The van der Waals surface area contributed by atoms with Crippen LogP contribution in [0.15, 0.2) is 18.2 Å². The van der Waals surface area contributed by atoms with Gasteiger partial charge in [-0.05, 0) is 38.0 Å². The van der Waals surface area contributed by atoms with Crippen LogP contribution in [0, 0.1) is 5.41 Å². The number of hydrogen-bond acceptors (Lipinski definition) is 4. The number of rotatable bonds is 4. The van der Waals surface area contributed by atoms with Gasteiger partial charge in [0.15, 0.2) is 5.78 Å². The van der Waals surface area contributed by atoms with Crippen molar-refractivity contribution < 1.29 is 19.1 Å². The van der Waals surface area contributed by atoms with Gasteiger partial charge in [-0.1, -0.05) is 19.3 Å². The summed E-state index contributed by atoms with van der Waals surface area (Å²) in [6, 6.07) is 5.13. The number of amides is 2. The van der Waals surface area contributed by atoms with Crippen molar-refractivity contribution in [3.8, 4) is 5.75 Å². The highest BCUT2D eigenvalue weighted by atomic mass is 16.5. The van der Waals surface area contributed by atoms with Gasteiger partial charge in [-0.2, -0.15) is 0 Å². The number of carbonyl (C=O) groups excluding carboxylic acids is 3. The summed E-state index contributed by atoms with van der Waals surface area (Å²) >= 11 is 0. The Morgan fingerprint density at radius 1 is 1.21 bits per heavy atom. The molecule has 0 unspecified atom stereocenters. The molecule has 1 spiro atoms. The first kappa shape index (κ1) is 16.7. The van der Waals surface area contributed by atoms with E-state index in [-0.39, 0.29) is 24.1 Å². The third-order valence-corrected chi connectivity index (χ3v) is 5.32. The Morgan fingerprint density at radius 2 is 1.92 bits per heavy atom. The van der Waals surface area contributed by atoms with Crippen molar-refractivity contribution in [3.05, 3.63) is 29.3 Å². The van der Waals surface area contributed by atoms with Crippen LogP contribution in [0.25, 0.3) is 0 Å². The van der Waals surface area contributed by atoms with Crippen molar-refractivity contribution in [2.24, 2.45) is 5.41 Å². The number of ether oxygens (including phenoxy) is 1. The molecule has 1 aromatic carbocycles. The zero-order valence-corrected chi connectivity index (χ0v) is 14.3. The lowest BCUT2D eigenvalue weighted by Crippen LogP contribution is -2.36. The van der Waals surface area contributed by atoms with E-state index in [0.29, 0.717) is 23.3 Å². The van der Waals surface area contributed by atoms with E-state index in [0.717, 1.165) is 32.1 Å². The number of Topliss-reactive ketones (excluding diaryl/α,β-unsaturated/α-hetero) is 1. The number of hydrogen-bond donors (Lipinski definition) is 0. The molecule has 1 aliphatic carbocycles. The monoisotopic (exact) mass is 329 g/mol. The van der Waals surface area contributed by atoms with Crippen LogP contribution in [0.5, 0.6) is 5.75 Å². The first-order valence-corrected chi connectivity index (χ1v) is 8.49. The molecule has 2 aliphatic rings. The van der Waals surface area contributed by atoms with Crippen molar-refractivity contribution in [2.75, 3.05) is 7.11 Å². The summed E-state index contributed by atoms with van der Waals surface area (Å²) in [5.74, 6) is 0.367. The van der Waals surface area contributed by atoms with Gasteiger partial charge in [0.2, 0.25) is 11.8 Å². The molecule has 3 rings (SSSR count). The maximum Gasteiger partial charge on any atom is 0.236 e. The van der Waals surface area contributed by atoms with Gasteiger partial charge in [0.25, 0.3) is 0 Å². The molecule has 1 saturated carbocycles. The van der Waals surface area contributed by atoms with Crippen LogP contribution in [0.1, 0.15) is 61.4 Å². The van der Waals surface area contributed by atoms with Gasteiger partial charge in [0.05, 0.1) is 19.1 Å². The quantitative estimate of drug-likeness (QED) is 0.629. The molecule has 0 atom stereocenters. The van der Waals surface area contributed by atoms with Crippen LogP contribution in [-0.4, -0.2) is 29.6 Å². The fraction of sp³-hybridized carbons (Fsp3) is 0.526. The van der Waals surface area contributed by atoms with E-state index in [1.165, 1.54) is 11.8 Å². The molecule has 1 aromatic rings. The minimum atomic E-state index is -0.485. The fourth-order valence-corrected chi connectivity index (χ4v) is 3.93. The smallest absolute Gasteiger partial charge is 0.236 e. The molecule has 1 saturated heterocycles. The molecule has 2 amide bonds. The Hall–Kier alpha value is -2.17. The van der Waals surface area contributed by atoms with Crippen LogP contribution in [-0.2, 0) is 16.1 Å². The average Bonchev–Trinajstić information content (AvgIpc) is 2.79. The molecule has 24 heavy (non-hydrogen) atoms. The van der Waals surface area contributed by atoms with Gasteiger partial charge in [-0.25, -0.2) is 0 Å². The van der Waals surface area contributed by atoms with Gasteiger partial charge in [-0.15, -0.1) is 0 Å². The number of imide groups is 1. The first-order valence-electron chi connectivity index (χ1n) is 8.49. The second kappa shape index (κ2) is 6.38. The number of benzene rings is 1. The second-order valence-corrected chi connectivity index (χ2v) is 6.89. The van der Waals surface area contributed by atoms with Crippen molar-refractivity contribution in [3.63, 3.8) is 0 Å². The lowest BCUT2D eigenvalue weighted by molar-refractivity contribution is -0.142. The Labute approximate surface area is 142 Å². The van der Waals surface area contributed by atoms with Gasteiger partial charge < -0.3 is 4.74 Å². The van der Waals surface area contributed by atoms with Crippen LogP contribution >= 0.6 is 0 Å². The van der Waals surface area contributed by atoms with Crippen LogP contribution in [0.2, 0.25) is 0 Å². The molecule has 1 aliphatic heterocycles. The van der Waals surface area contributed by atoms with Crippen molar-refractivity contribution in [1.82, 2.24) is 4.90 Å². The van der Waals surface area contributed by atoms with Crippen molar-refractivity contribution in [1.29, 1.82) is 0 Å². The molecule has 2 fully saturated rings. The minimum absolute atomic E-state index is 0.0533. The fourth-order valence-electron chi connectivity index (χ4n) is 3.93. The number of carbonyl (C=O) groups is 3. The SMILES string of the molecule is COc1ccc(C(C)=O)cc1CN1C(=O)CC2(CCCCC2)C1=O. The molecule has 5 heteroatoms. The molecular weight excluding hydrogens is 306 g/mol. The van der Waals surface area contributed by atoms with Crippen molar-refractivity contribution >= 4 is 17.6 Å². The molecular formula is C19H23NO4. The molecule has 128 valence electrons. The molecule has 0 bridgehead atoms. The second-order valence-electron chi connectivity index (χ2n) is 6.89. The van der Waals surface area contributed by atoms with Crippen molar-refractivity contribution in [2.45, 2.75) is 52.0 Å². The normalized spacial score (nSPS) is 19.8. The van der Waals surface area contributed by atoms with E-state index in [4.69, 9.17) is 4.74 Å². The molecule has 0 radical (unpaired) electrons. The molecule has 0 aromatic heterocycles. The topological polar surface area (TPSA) is 63.7 Å². The predicted octanol–water partition coefficient (Wildman–Crippen LogP) is 3.11. The minimum Gasteiger partial charge on any atom is -0.496 e. The van der Waals surface area contributed by atoms with E-state index in [1.54, 1.807) is 25.3 Å². The summed E-state index contributed by atoms with van der Waals surface area (Å²) in [4.78, 5) is 38.4. The van der Waals surface area contributed by atoms with Gasteiger partial charge in [0, 0.05) is 17.5 Å². The van der Waals surface area contributed by atoms with E-state index in [1.807, 2.05) is 0 Å². The van der Waals surface area contributed by atoms with Crippen LogP contribution in [0.4, 0.5) is 0 Å². The number of likely N-dealkylation sites (tertiary alicyclic amines) is 1. The Kier molecular flexibility index (Phi) is 4.43. The number of methoxy groups -OCH3 is 1. The van der Waals surface area contributed by atoms with Gasteiger partial charge in [-0.3, -0.25) is 19.3 Å². The highest BCUT2D eigenvalue weighted by Gasteiger charge is 2.51.